The van der Waals surface area contributed by atoms with Gasteiger partial charge in [-0.05, 0) is 94.1 Å². The van der Waals surface area contributed by atoms with Crippen molar-refractivity contribution in [3.05, 3.63) is 95.7 Å². The van der Waals surface area contributed by atoms with E-state index in [1.165, 1.54) is 5.56 Å². The van der Waals surface area contributed by atoms with Crippen LogP contribution in [0.2, 0.25) is 5.02 Å². The molecule has 1 fully saturated rings. The largest absolute Gasteiger partial charge is 0.444 e. The van der Waals surface area contributed by atoms with Crippen molar-refractivity contribution in [2.45, 2.75) is 65.0 Å². The normalized spacial score (nSPS) is 13.3. The van der Waals surface area contributed by atoms with Gasteiger partial charge in [-0.3, -0.25) is 14.9 Å². The molecule has 2 aromatic carbocycles. The fraction of sp³-hybridized carbons (Fsp3) is 0.395. The SMILES string of the molecule is CCNCCOCCNC(=O)c1ncc(-c2cccc(CC)c2)cc1NC(=O)OC(C)(C)C.NC1(C(=O)Nc2ccc(Cl)cc2)CCN(c2ncnc3[nH]ccc23)CC1.S. The fourth-order valence-corrected chi connectivity index (χ4v) is 6.40. The summed E-state index contributed by atoms with van der Waals surface area (Å²) in [6.07, 6.45) is 6.37. The van der Waals surface area contributed by atoms with Crippen LogP contribution in [-0.2, 0) is 20.7 Å². The van der Waals surface area contributed by atoms with Gasteiger partial charge in [0.05, 0.1) is 29.8 Å². The van der Waals surface area contributed by atoms with E-state index in [0.29, 0.717) is 56.4 Å². The van der Waals surface area contributed by atoms with Crippen LogP contribution >= 0.6 is 25.1 Å². The molecule has 0 saturated carbocycles. The van der Waals surface area contributed by atoms with E-state index in [1.807, 2.05) is 31.3 Å². The summed E-state index contributed by atoms with van der Waals surface area (Å²) in [7, 11) is 0. The van der Waals surface area contributed by atoms with Crippen molar-refractivity contribution in [3.8, 4) is 11.1 Å². The van der Waals surface area contributed by atoms with Gasteiger partial charge in [-0.15, -0.1) is 0 Å². The van der Waals surface area contributed by atoms with Gasteiger partial charge in [0, 0.05) is 54.8 Å². The molecule has 6 rings (SSSR count). The van der Waals surface area contributed by atoms with Crippen molar-refractivity contribution < 1.29 is 23.9 Å². The Balaban J connectivity index is 0.000000266. The number of benzene rings is 2. The van der Waals surface area contributed by atoms with Crippen LogP contribution in [-0.4, -0.2) is 94.9 Å². The number of aromatic amines is 1. The number of nitrogens with zero attached hydrogens (tertiary/aromatic N) is 4. The van der Waals surface area contributed by atoms with Crippen LogP contribution in [0.5, 0.6) is 0 Å². The number of halogens is 1. The monoisotopic (exact) mass is 860 g/mol. The second kappa shape index (κ2) is 22.4. The van der Waals surface area contributed by atoms with Crippen LogP contribution in [0, 0.1) is 0 Å². The topological polar surface area (TPSA) is 202 Å². The summed E-state index contributed by atoms with van der Waals surface area (Å²) in [6.45, 7) is 13.7. The minimum atomic E-state index is -0.902. The van der Waals surface area contributed by atoms with E-state index in [1.54, 1.807) is 63.6 Å². The third-order valence-electron chi connectivity index (χ3n) is 9.45. The van der Waals surface area contributed by atoms with Crippen molar-refractivity contribution in [1.29, 1.82) is 0 Å². The van der Waals surface area contributed by atoms with Gasteiger partial charge in [-0.2, -0.15) is 13.5 Å². The maximum absolute atomic E-state index is 12.8. The molecule has 0 spiro atoms. The van der Waals surface area contributed by atoms with Gasteiger partial charge >= 0.3 is 6.09 Å². The number of aryl methyl sites for hydroxylation is 1. The predicted molar refractivity (Wildman–Crippen MR) is 243 cm³/mol. The van der Waals surface area contributed by atoms with E-state index in [-0.39, 0.29) is 30.8 Å². The highest BCUT2D eigenvalue weighted by molar-refractivity contribution is 7.59. The van der Waals surface area contributed by atoms with Crippen LogP contribution in [0.25, 0.3) is 22.2 Å². The first-order valence-corrected chi connectivity index (χ1v) is 20.2. The number of aromatic nitrogens is 4. The highest BCUT2D eigenvalue weighted by atomic mass is 35.5. The van der Waals surface area contributed by atoms with Gasteiger partial charge in [0.15, 0.2) is 5.69 Å². The van der Waals surface area contributed by atoms with Crippen molar-refractivity contribution in [1.82, 2.24) is 30.6 Å². The van der Waals surface area contributed by atoms with E-state index >= 15 is 0 Å². The van der Waals surface area contributed by atoms with E-state index in [4.69, 9.17) is 26.8 Å². The first-order valence-electron chi connectivity index (χ1n) is 19.8. The van der Waals surface area contributed by atoms with Crippen LogP contribution in [0.4, 0.5) is 22.0 Å². The number of hydrogen-bond acceptors (Lipinski definition) is 11. The number of piperidine rings is 1. The lowest BCUT2D eigenvalue weighted by Crippen LogP contribution is -2.58. The zero-order valence-corrected chi connectivity index (χ0v) is 36.6. The number of ether oxygens (including phenoxy) is 2. The molecule has 60 heavy (non-hydrogen) atoms. The zero-order chi connectivity index (χ0) is 42.4. The second-order valence-electron chi connectivity index (χ2n) is 15.1. The predicted octanol–water partition coefficient (Wildman–Crippen LogP) is 6.67. The average molecular weight is 862 g/mol. The summed E-state index contributed by atoms with van der Waals surface area (Å²) in [4.78, 5) is 56.1. The Morgan fingerprint density at radius 2 is 1.67 bits per heavy atom. The molecule has 1 saturated heterocycles. The minimum Gasteiger partial charge on any atom is -0.444 e. The Morgan fingerprint density at radius 1 is 0.933 bits per heavy atom. The molecule has 0 atom stereocenters. The van der Waals surface area contributed by atoms with Crippen LogP contribution < -0.4 is 31.9 Å². The number of hydrogen-bond donors (Lipinski definition) is 6. The summed E-state index contributed by atoms with van der Waals surface area (Å²) in [5.41, 5.74) is 9.67. The molecular formula is C43H57ClN10O5S. The summed E-state index contributed by atoms with van der Waals surface area (Å²) in [6, 6.07) is 18.8. The summed E-state index contributed by atoms with van der Waals surface area (Å²) in [5.74, 6) is 0.301. The Hall–Kier alpha value is -5.26. The standard InChI is InChI=1S/C25H36N4O4.C18H19ClN6O.H2S/c1-6-18-9-8-10-19(15-18)20-16-21(29-24(31)33-25(3,4)5)22(28-17-20)23(30)27-12-14-32-13-11-26-7-2;19-12-1-3-13(4-2-12)24-17(26)18(20)6-9-25(10-7-18)16-14-5-8-21-15(14)22-11-23-16;/h8-10,15-17,26H,6-7,11-14H2,1-5H3,(H,27,30)(H,29,31);1-5,8,11H,6-7,9-10,20H2,(H,24,26)(H,21,22,23);1H2. The summed E-state index contributed by atoms with van der Waals surface area (Å²) < 4.78 is 10.9. The molecule has 0 aliphatic carbocycles. The molecular weight excluding hydrogens is 804 g/mol. The zero-order valence-electron chi connectivity index (χ0n) is 34.9. The number of pyridine rings is 1. The first kappa shape index (κ1) is 47.4. The highest BCUT2D eigenvalue weighted by Gasteiger charge is 2.38. The lowest BCUT2D eigenvalue weighted by Gasteiger charge is -2.38. The van der Waals surface area contributed by atoms with Crippen LogP contribution in [0.1, 0.15) is 63.5 Å². The van der Waals surface area contributed by atoms with Crippen molar-refractivity contribution in [2.24, 2.45) is 5.73 Å². The van der Waals surface area contributed by atoms with Gasteiger partial charge in [0.2, 0.25) is 5.91 Å². The lowest BCUT2D eigenvalue weighted by atomic mass is 9.87. The molecule has 17 heteroatoms. The van der Waals surface area contributed by atoms with Gasteiger partial charge in [-0.1, -0.05) is 49.7 Å². The number of anilines is 3. The Bertz CT molecular complexity index is 2170. The number of fused-ring (bicyclic) bond motifs is 1. The van der Waals surface area contributed by atoms with Crippen molar-refractivity contribution >= 4 is 71.2 Å². The van der Waals surface area contributed by atoms with Gasteiger partial charge in [0.1, 0.15) is 23.4 Å². The summed E-state index contributed by atoms with van der Waals surface area (Å²) >= 11 is 5.88. The molecule has 0 unspecified atom stereocenters. The maximum atomic E-state index is 12.8. The molecule has 322 valence electrons. The number of nitrogens with one attached hydrogen (secondary N) is 5. The van der Waals surface area contributed by atoms with Crippen LogP contribution in [0.15, 0.2) is 79.4 Å². The quantitative estimate of drug-likeness (QED) is 0.0651. The van der Waals surface area contributed by atoms with E-state index < -0.39 is 23.1 Å². The molecule has 1 aliphatic heterocycles. The average Bonchev–Trinajstić information content (AvgIpc) is 3.71. The molecule has 3 amide bonds. The molecule has 5 aromatic rings. The number of likely N-dealkylation sites (N-methyl/N-ethyl adjacent to an activating group) is 1. The number of carbonyl (C=O) groups is 3. The number of carbonyl (C=O) groups excluding carboxylic acids is 3. The molecule has 7 N–H and O–H groups in total. The summed E-state index contributed by atoms with van der Waals surface area (Å²) in [5, 5.41) is 13.1. The Labute approximate surface area is 363 Å². The number of H-pyrrole nitrogens is 1. The van der Waals surface area contributed by atoms with Crippen molar-refractivity contribution in [3.63, 3.8) is 0 Å². The Morgan fingerprint density at radius 3 is 2.37 bits per heavy atom. The molecule has 4 heterocycles. The van der Waals surface area contributed by atoms with E-state index in [2.05, 4.69) is 65.2 Å². The van der Waals surface area contributed by atoms with Gasteiger partial charge < -0.3 is 41.0 Å². The minimum absolute atomic E-state index is 0. The van der Waals surface area contributed by atoms with Gasteiger partial charge in [0.25, 0.3) is 5.91 Å². The molecule has 0 bridgehead atoms. The number of nitrogens with two attached hydrogens (primary N) is 1. The fourth-order valence-electron chi connectivity index (χ4n) is 6.27. The van der Waals surface area contributed by atoms with Crippen LogP contribution in [0.3, 0.4) is 0 Å². The van der Waals surface area contributed by atoms with E-state index in [9.17, 15) is 14.4 Å². The second-order valence-corrected chi connectivity index (χ2v) is 15.5. The maximum Gasteiger partial charge on any atom is 0.412 e. The first-order chi connectivity index (χ1) is 28.3. The molecule has 15 nitrogen and oxygen atoms in total. The highest BCUT2D eigenvalue weighted by Crippen LogP contribution is 2.29. The molecule has 1 aliphatic rings. The van der Waals surface area contributed by atoms with Gasteiger partial charge in [-0.25, -0.2) is 19.7 Å². The third-order valence-corrected chi connectivity index (χ3v) is 9.71. The number of amides is 3. The Kier molecular flexibility index (Phi) is 17.7. The lowest BCUT2D eigenvalue weighted by molar-refractivity contribution is -0.121. The van der Waals surface area contributed by atoms with E-state index in [0.717, 1.165) is 47.5 Å². The molecule has 0 radical (unpaired) electrons. The molecule has 3 aromatic heterocycles. The number of rotatable bonds is 14. The smallest absolute Gasteiger partial charge is 0.412 e. The third kappa shape index (κ3) is 13.6. The van der Waals surface area contributed by atoms with Crippen molar-refractivity contribution in [2.75, 3.05) is 61.5 Å².